The normalized spacial score (nSPS) is 17.4. The van der Waals surface area contributed by atoms with Crippen molar-refractivity contribution in [2.45, 2.75) is 32.0 Å². The van der Waals surface area contributed by atoms with Crippen LogP contribution in [0.15, 0.2) is 79.1 Å². The van der Waals surface area contributed by atoms with Crippen molar-refractivity contribution in [3.05, 3.63) is 106 Å². The molecule has 0 aliphatic carbocycles. The monoisotopic (exact) mass is 820 g/mol. The van der Waals surface area contributed by atoms with Gasteiger partial charge in [-0.15, -0.1) is 0 Å². The average molecular weight is 821 g/mol. The summed E-state index contributed by atoms with van der Waals surface area (Å²) < 4.78 is 17.2. The molecular weight excluding hydrogens is 776 g/mol. The van der Waals surface area contributed by atoms with Crippen LogP contribution < -0.4 is 15.4 Å². The number of aromatic nitrogens is 3. The van der Waals surface area contributed by atoms with Crippen LogP contribution in [0.25, 0.3) is 22.3 Å². The van der Waals surface area contributed by atoms with Crippen LogP contribution in [0.2, 0.25) is 5.02 Å². The van der Waals surface area contributed by atoms with E-state index in [-0.39, 0.29) is 30.6 Å². The van der Waals surface area contributed by atoms with Gasteiger partial charge in [0.05, 0.1) is 42.9 Å². The number of hydrogen-bond donors (Lipinski definition) is 3. The van der Waals surface area contributed by atoms with E-state index in [0.717, 1.165) is 82.9 Å². The summed E-state index contributed by atoms with van der Waals surface area (Å²) in [6.45, 7) is 8.34. The SMILES string of the molecule is O=C1CCC(N2C(=O)c3ccc(OCCOCCOCCN4CCN(Cc5ccc(-c6cc7c(NCc8ccccc8Cl)ncnc7[nH]6)cc5)CC4)cc3C2=O)C(=O)N1. The number of piperidine rings is 1. The zero-order valence-electron chi connectivity index (χ0n) is 32.5. The van der Waals surface area contributed by atoms with Crippen molar-refractivity contribution in [3.63, 3.8) is 0 Å². The second-order valence-electron chi connectivity index (χ2n) is 14.7. The molecule has 15 nitrogen and oxygen atoms in total. The molecule has 5 aromatic rings. The second-order valence-corrected chi connectivity index (χ2v) is 15.1. The number of anilines is 1. The van der Waals surface area contributed by atoms with Gasteiger partial charge in [0.25, 0.3) is 11.8 Å². The molecule has 2 saturated heterocycles. The summed E-state index contributed by atoms with van der Waals surface area (Å²) in [4.78, 5) is 67.9. The van der Waals surface area contributed by atoms with E-state index in [1.165, 1.54) is 17.7 Å². The lowest BCUT2D eigenvalue weighted by Crippen LogP contribution is -2.54. The van der Waals surface area contributed by atoms with Gasteiger partial charge in [-0.1, -0.05) is 54.1 Å². The number of fused-ring (bicyclic) bond motifs is 2. The molecule has 3 aliphatic heterocycles. The Hall–Kier alpha value is -5.71. The zero-order chi connectivity index (χ0) is 40.7. The quantitative estimate of drug-likeness (QED) is 0.0887. The first kappa shape index (κ1) is 40.1. The molecule has 3 N–H and O–H groups in total. The Morgan fingerprint density at radius 3 is 2.34 bits per heavy atom. The number of nitrogens with one attached hydrogen (secondary N) is 3. The van der Waals surface area contributed by atoms with Crippen molar-refractivity contribution in [3.8, 4) is 17.0 Å². The van der Waals surface area contributed by atoms with Crippen molar-refractivity contribution in [1.29, 1.82) is 0 Å². The number of amides is 4. The molecule has 1 atom stereocenters. The van der Waals surface area contributed by atoms with Gasteiger partial charge in [-0.3, -0.25) is 39.2 Å². The van der Waals surface area contributed by atoms with Crippen LogP contribution in [0.1, 0.15) is 44.7 Å². The van der Waals surface area contributed by atoms with Gasteiger partial charge in [0.1, 0.15) is 36.2 Å². The summed E-state index contributed by atoms with van der Waals surface area (Å²) in [5.41, 5.74) is 5.50. The number of carbonyl (C=O) groups is 4. The number of H-pyrrole nitrogens is 1. The molecular formula is C43H45ClN8O7. The molecule has 3 aliphatic rings. The summed E-state index contributed by atoms with van der Waals surface area (Å²) in [5.74, 6) is -1.01. The Bertz CT molecular complexity index is 2330. The van der Waals surface area contributed by atoms with Crippen LogP contribution >= 0.6 is 11.6 Å². The van der Waals surface area contributed by atoms with E-state index in [0.29, 0.717) is 38.7 Å². The van der Waals surface area contributed by atoms with E-state index < -0.39 is 29.7 Å². The Morgan fingerprint density at radius 1 is 0.797 bits per heavy atom. The maximum atomic E-state index is 13.0. The van der Waals surface area contributed by atoms with Gasteiger partial charge in [0, 0.05) is 63.0 Å². The molecule has 2 fully saturated rings. The minimum Gasteiger partial charge on any atom is -0.491 e. The predicted octanol–water partition coefficient (Wildman–Crippen LogP) is 4.52. The molecule has 0 bridgehead atoms. The lowest BCUT2D eigenvalue weighted by Gasteiger charge is -2.34. The molecule has 3 aromatic carbocycles. The second kappa shape index (κ2) is 18.5. The summed E-state index contributed by atoms with van der Waals surface area (Å²) in [6, 6.07) is 22.2. The fourth-order valence-electron chi connectivity index (χ4n) is 7.55. The number of halogens is 1. The fraction of sp³-hybridized carbons (Fsp3) is 0.349. The van der Waals surface area contributed by atoms with E-state index in [4.69, 9.17) is 25.8 Å². The maximum absolute atomic E-state index is 13.0. The number of benzene rings is 3. The topological polar surface area (TPSA) is 171 Å². The van der Waals surface area contributed by atoms with Gasteiger partial charge in [0.2, 0.25) is 11.8 Å². The minimum absolute atomic E-state index is 0.0684. The first-order valence-corrected chi connectivity index (χ1v) is 20.2. The van der Waals surface area contributed by atoms with E-state index in [1.807, 2.05) is 24.3 Å². The third kappa shape index (κ3) is 9.45. The van der Waals surface area contributed by atoms with Gasteiger partial charge >= 0.3 is 0 Å². The Labute approximate surface area is 346 Å². The first-order valence-electron chi connectivity index (χ1n) is 19.8. The Morgan fingerprint density at radius 2 is 1.54 bits per heavy atom. The fourth-order valence-corrected chi connectivity index (χ4v) is 7.75. The van der Waals surface area contributed by atoms with Gasteiger partial charge in [-0.05, 0) is 53.4 Å². The van der Waals surface area contributed by atoms with Crippen molar-refractivity contribution >= 4 is 52.1 Å². The molecule has 306 valence electrons. The number of hydrogen-bond acceptors (Lipinski definition) is 12. The largest absolute Gasteiger partial charge is 0.491 e. The molecule has 5 heterocycles. The third-order valence-electron chi connectivity index (χ3n) is 10.8. The van der Waals surface area contributed by atoms with E-state index >= 15 is 0 Å². The number of carbonyl (C=O) groups excluding carboxylic acids is 4. The molecule has 0 radical (unpaired) electrons. The summed E-state index contributed by atoms with van der Waals surface area (Å²) in [6.07, 6.45) is 1.73. The number of piperazine rings is 1. The average Bonchev–Trinajstić information content (AvgIpc) is 3.79. The predicted molar refractivity (Wildman–Crippen MR) is 220 cm³/mol. The zero-order valence-corrected chi connectivity index (χ0v) is 33.2. The Kier molecular flexibility index (Phi) is 12.6. The number of ether oxygens (including phenoxy) is 3. The molecule has 0 spiro atoms. The molecule has 4 amide bonds. The van der Waals surface area contributed by atoms with Crippen LogP contribution in [-0.2, 0) is 32.2 Å². The first-order chi connectivity index (χ1) is 28.8. The summed E-state index contributed by atoms with van der Waals surface area (Å²) in [7, 11) is 0. The minimum atomic E-state index is -1.01. The number of rotatable bonds is 17. The summed E-state index contributed by atoms with van der Waals surface area (Å²) in [5, 5.41) is 7.25. The number of nitrogens with zero attached hydrogens (tertiary/aromatic N) is 5. The molecule has 8 rings (SSSR count). The van der Waals surface area contributed by atoms with E-state index in [1.54, 1.807) is 12.4 Å². The number of aromatic amines is 1. The van der Waals surface area contributed by atoms with Crippen LogP contribution in [0.5, 0.6) is 5.75 Å². The molecule has 59 heavy (non-hydrogen) atoms. The molecule has 1 unspecified atom stereocenters. The van der Waals surface area contributed by atoms with Gasteiger partial charge in [0.15, 0.2) is 0 Å². The van der Waals surface area contributed by atoms with Crippen molar-refractivity contribution in [2.24, 2.45) is 0 Å². The van der Waals surface area contributed by atoms with Gasteiger partial charge < -0.3 is 24.5 Å². The lowest BCUT2D eigenvalue weighted by molar-refractivity contribution is -0.136. The standard InChI is InChI=1S/C43H45ClN8O7/c44-35-4-2-1-3-30(35)25-45-39-34-24-36(48-40(34)47-27-46-39)29-7-5-28(6-8-29)26-51-15-13-50(14-16-51)17-18-57-19-20-58-21-22-59-31-9-10-32-33(23-31)43(56)52(42(32)55)37-11-12-38(53)49-41(37)54/h1-10,23-24,27,37H,11-22,25-26H2,(H,49,53,54)(H2,45,46,47,48). The van der Waals surface area contributed by atoms with Crippen LogP contribution in [-0.4, -0.2) is 125 Å². The highest BCUT2D eigenvalue weighted by Gasteiger charge is 2.44. The van der Waals surface area contributed by atoms with Crippen LogP contribution in [0, 0.1) is 0 Å². The maximum Gasteiger partial charge on any atom is 0.262 e. The van der Waals surface area contributed by atoms with E-state index in [2.05, 4.69) is 65.7 Å². The Balaban J connectivity index is 0.693. The van der Waals surface area contributed by atoms with Gasteiger partial charge in [-0.2, -0.15) is 0 Å². The number of imide groups is 2. The highest BCUT2D eigenvalue weighted by atomic mass is 35.5. The van der Waals surface area contributed by atoms with Gasteiger partial charge in [-0.25, -0.2) is 9.97 Å². The van der Waals surface area contributed by atoms with Crippen molar-refractivity contribution in [1.82, 2.24) is 35.0 Å². The molecule has 2 aromatic heterocycles. The summed E-state index contributed by atoms with van der Waals surface area (Å²) >= 11 is 6.34. The van der Waals surface area contributed by atoms with Crippen LogP contribution in [0.3, 0.4) is 0 Å². The highest BCUT2D eigenvalue weighted by molar-refractivity contribution is 6.31. The smallest absolute Gasteiger partial charge is 0.262 e. The van der Waals surface area contributed by atoms with E-state index in [9.17, 15) is 19.2 Å². The van der Waals surface area contributed by atoms with Crippen molar-refractivity contribution in [2.75, 3.05) is 71.1 Å². The lowest BCUT2D eigenvalue weighted by atomic mass is 10.0. The van der Waals surface area contributed by atoms with Crippen LogP contribution in [0.4, 0.5) is 5.82 Å². The highest BCUT2D eigenvalue weighted by Crippen LogP contribution is 2.31. The van der Waals surface area contributed by atoms with Crippen molar-refractivity contribution < 1.29 is 33.4 Å². The molecule has 16 heteroatoms. The third-order valence-corrected chi connectivity index (χ3v) is 11.2. The molecule has 0 saturated carbocycles.